The Kier molecular flexibility index (Phi) is 7.89. The molecule has 1 N–H and O–H groups in total. The third-order valence-corrected chi connectivity index (χ3v) is 6.64. The molecule has 0 saturated carbocycles. The average molecular weight is 494 g/mol. The fourth-order valence-electron chi connectivity index (χ4n) is 4.75. The molecule has 36 heavy (non-hydrogen) atoms. The average Bonchev–Trinajstić information content (AvgIpc) is 2.85. The fourth-order valence-corrected chi connectivity index (χ4v) is 4.75. The number of fused-ring (bicyclic) bond motifs is 3. The highest BCUT2D eigenvalue weighted by molar-refractivity contribution is 5.88. The first-order valence-electron chi connectivity index (χ1n) is 12.3. The zero-order valence-corrected chi connectivity index (χ0v) is 20.9. The highest BCUT2D eigenvalue weighted by Crippen LogP contribution is 2.44. The number of ether oxygens (including phenoxy) is 2. The number of aromatic carboxylic acids is 1. The Labute approximate surface area is 210 Å². The molecule has 3 aromatic rings. The van der Waals surface area contributed by atoms with Crippen molar-refractivity contribution < 1.29 is 23.8 Å². The van der Waals surface area contributed by atoms with Crippen LogP contribution in [0.25, 0.3) is 22.4 Å². The summed E-state index contributed by atoms with van der Waals surface area (Å²) in [6.45, 7) is 5.98. The minimum atomic E-state index is -1.23. The van der Waals surface area contributed by atoms with Gasteiger partial charge in [-0.2, -0.15) is 0 Å². The highest BCUT2D eigenvalue weighted by atomic mass is 19.1. The molecule has 0 fully saturated rings. The van der Waals surface area contributed by atoms with Crippen molar-refractivity contribution in [3.63, 3.8) is 0 Å². The van der Waals surface area contributed by atoms with Gasteiger partial charge in [0.05, 0.1) is 12.3 Å². The lowest BCUT2D eigenvalue weighted by molar-refractivity contribution is 0.0694. The summed E-state index contributed by atoms with van der Waals surface area (Å²) in [6.07, 6.45) is 4.11. The van der Waals surface area contributed by atoms with E-state index in [2.05, 4.69) is 13.8 Å². The smallest absolute Gasteiger partial charge is 0.341 e. The molecule has 0 spiro atoms. The van der Waals surface area contributed by atoms with E-state index in [1.54, 1.807) is 19.2 Å². The summed E-state index contributed by atoms with van der Waals surface area (Å²) in [5, 5.41) is 9.51. The second-order valence-corrected chi connectivity index (χ2v) is 9.70. The largest absolute Gasteiger partial charge is 0.493 e. The molecule has 0 radical (unpaired) electrons. The predicted octanol–water partition coefficient (Wildman–Crippen LogP) is 5.97. The van der Waals surface area contributed by atoms with Gasteiger partial charge in [0.2, 0.25) is 0 Å². The Balaban J connectivity index is 1.89. The molecule has 0 amide bonds. The number of halogens is 1. The molecule has 0 saturated heterocycles. The van der Waals surface area contributed by atoms with Gasteiger partial charge in [-0.3, -0.25) is 4.79 Å². The number of methoxy groups -OCH3 is 1. The van der Waals surface area contributed by atoms with Crippen LogP contribution < -0.4 is 10.2 Å². The molecule has 1 aliphatic heterocycles. The van der Waals surface area contributed by atoms with Crippen molar-refractivity contribution >= 4 is 5.97 Å². The van der Waals surface area contributed by atoms with E-state index in [1.807, 2.05) is 16.7 Å². The number of pyridine rings is 1. The lowest BCUT2D eigenvalue weighted by Gasteiger charge is -2.31. The van der Waals surface area contributed by atoms with Crippen LogP contribution in [0.15, 0.2) is 53.5 Å². The van der Waals surface area contributed by atoms with E-state index in [1.165, 1.54) is 24.4 Å². The van der Waals surface area contributed by atoms with Gasteiger partial charge in [0.1, 0.15) is 17.1 Å². The second-order valence-electron chi connectivity index (χ2n) is 9.70. The van der Waals surface area contributed by atoms with Crippen LogP contribution >= 0.6 is 0 Å². The second kappa shape index (κ2) is 11.1. The number of carbonyl (C=O) groups is 1. The van der Waals surface area contributed by atoms with Crippen molar-refractivity contribution in [1.29, 1.82) is 0 Å². The summed E-state index contributed by atoms with van der Waals surface area (Å²) in [7, 11) is 1.65. The van der Waals surface area contributed by atoms with E-state index in [-0.39, 0.29) is 17.3 Å². The maximum absolute atomic E-state index is 13.7. The maximum atomic E-state index is 13.7. The van der Waals surface area contributed by atoms with Crippen LogP contribution in [0.1, 0.15) is 54.9 Å². The Bertz CT molecular complexity index is 1300. The monoisotopic (exact) mass is 493 g/mol. The van der Waals surface area contributed by atoms with Gasteiger partial charge in [-0.15, -0.1) is 0 Å². The van der Waals surface area contributed by atoms with Gasteiger partial charge >= 0.3 is 5.97 Å². The van der Waals surface area contributed by atoms with Crippen LogP contribution in [0.5, 0.6) is 5.75 Å². The minimum absolute atomic E-state index is 0.127. The standard InChI is InChI=1S/C29H32FNO5/c1-18(2)5-6-20-16-31-17-25(29(33)34)27(32)15-26(31)24-13-23(19-7-9-21(30)10-8-19)28(14-22(20)24)36-12-4-11-35-3/h7-10,13-15,17-18,20H,4-6,11-12,16H2,1-3H3,(H,33,34)/t20-/m0/s1. The molecule has 2 aromatic carbocycles. The SMILES string of the molecule is COCCCOc1cc2c(cc1-c1ccc(F)cc1)-c1cc(=O)c(C(=O)O)cn1C[C@@H]2CCC(C)C. The van der Waals surface area contributed by atoms with E-state index >= 15 is 0 Å². The summed E-state index contributed by atoms with van der Waals surface area (Å²) in [4.78, 5) is 24.3. The van der Waals surface area contributed by atoms with Gasteiger partial charge < -0.3 is 19.1 Å². The van der Waals surface area contributed by atoms with Crippen molar-refractivity contribution in [2.75, 3.05) is 20.3 Å². The number of rotatable bonds is 10. The molecule has 0 aliphatic carbocycles. The van der Waals surface area contributed by atoms with E-state index in [4.69, 9.17) is 9.47 Å². The number of hydrogen-bond acceptors (Lipinski definition) is 4. The number of hydrogen-bond donors (Lipinski definition) is 1. The topological polar surface area (TPSA) is 77.8 Å². The summed E-state index contributed by atoms with van der Waals surface area (Å²) >= 11 is 0. The molecular weight excluding hydrogens is 461 g/mol. The van der Waals surface area contributed by atoms with Crippen LogP contribution in [0.4, 0.5) is 4.39 Å². The maximum Gasteiger partial charge on any atom is 0.341 e. The number of carboxylic acids is 1. The van der Waals surface area contributed by atoms with Gasteiger partial charge in [-0.25, -0.2) is 9.18 Å². The van der Waals surface area contributed by atoms with E-state index in [9.17, 15) is 19.1 Å². The van der Waals surface area contributed by atoms with Crippen LogP contribution in [0.3, 0.4) is 0 Å². The molecule has 1 aromatic heterocycles. The first kappa shape index (κ1) is 25.6. The molecule has 0 bridgehead atoms. The van der Waals surface area contributed by atoms with Crippen LogP contribution in [0.2, 0.25) is 0 Å². The molecule has 1 atom stereocenters. The highest BCUT2D eigenvalue weighted by Gasteiger charge is 2.28. The molecule has 2 heterocycles. The third-order valence-electron chi connectivity index (χ3n) is 6.64. The zero-order valence-electron chi connectivity index (χ0n) is 20.9. The molecule has 7 heteroatoms. The number of aromatic nitrogens is 1. The third kappa shape index (κ3) is 5.51. The fraction of sp³-hybridized carbons (Fsp3) is 0.379. The number of carboxylic acid groups (broad SMARTS) is 1. The lowest BCUT2D eigenvalue weighted by Crippen LogP contribution is -2.24. The van der Waals surface area contributed by atoms with Crippen LogP contribution in [-0.4, -0.2) is 36.0 Å². The zero-order chi connectivity index (χ0) is 25.8. The van der Waals surface area contributed by atoms with Crippen molar-refractivity contribution in [2.45, 2.75) is 45.6 Å². The summed E-state index contributed by atoms with van der Waals surface area (Å²) in [6, 6.07) is 11.7. The molecule has 4 rings (SSSR count). The normalized spacial score (nSPS) is 14.4. The predicted molar refractivity (Wildman–Crippen MR) is 137 cm³/mol. The first-order valence-corrected chi connectivity index (χ1v) is 12.3. The summed E-state index contributed by atoms with van der Waals surface area (Å²) < 4.78 is 26.9. The van der Waals surface area contributed by atoms with Crippen molar-refractivity contribution in [1.82, 2.24) is 4.57 Å². The van der Waals surface area contributed by atoms with Gasteiger partial charge in [0, 0.05) is 56.0 Å². The summed E-state index contributed by atoms with van der Waals surface area (Å²) in [5.74, 6) is -0.217. The first-order chi connectivity index (χ1) is 17.3. The Morgan fingerprint density at radius 3 is 2.56 bits per heavy atom. The van der Waals surface area contributed by atoms with E-state index < -0.39 is 11.4 Å². The quantitative estimate of drug-likeness (QED) is 0.352. The summed E-state index contributed by atoms with van der Waals surface area (Å²) in [5.41, 5.74) is 3.44. The Hall–Kier alpha value is -3.45. The Morgan fingerprint density at radius 2 is 1.89 bits per heavy atom. The van der Waals surface area contributed by atoms with E-state index in [0.717, 1.165) is 41.5 Å². The molecule has 190 valence electrons. The Morgan fingerprint density at radius 1 is 1.14 bits per heavy atom. The van der Waals surface area contributed by atoms with E-state index in [0.29, 0.717) is 37.1 Å². The molecular formula is C29H32FNO5. The van der Waals surface area contributed by atoms with Crippen molar-refractivity contribution in [3.05, 3.63) is 75.8 Å². The molecule has 1 aliphatic rings. The van der Waals surface area contributed by atoms with Gasteiger partial charge in [0.25, 0.3) is 0 Å². The molecule has 0 unspecified atom stereocenters. The van der Waals surface area contributed by atoms with Gasteiger partial charge in [-0.05, 0) is 47.7 Å². The van der Waals surface area contributed by atoms with Crippen LogP contribution in [0, 0.1) is 11.7 Å². The molecule has 6 nitrogen and oxygen atoms in total. The van der Waals surface area contributed by atoms with Crippen LogP contribution in [-0.2, 0) is 11.3 Å². The van der Waals surface area contributed by atoms with Gasteiger partial charge in [-0.1, -0.05) is 32.4 Å². The minimum Gasteiger partial charge on any atom is -0.493 e. The lowest BCUT2D eigenvalue weighted by atomic mass is 9.82. The van der Waals surface area contributed by atoms with Crippen molar-refractivity contribution in [2.24, 2.45) is 5.92 Å². The van der Waals surface area contributed by atoms with Crippen molar-refractivity contribution in [3.8, 4) is 28.1 Å². The number of benzene rings is 2. The number of nitrogens with zero attached hydrogens (tertiary/aromatic N) is 1. The van der Waals surface area contributed by atoms with Gasteiger partial charge in [0.15, 0.2) is 5.43 Å².